The van der Waals surface area contributed by atoms with Crippen LogP contribution in [0.1, 0.15) is 18.5 Å². The van der Waals surface area contributed by atoms with E-state index in [1.54, 1.807) is 18.9 Å². The summed E-state index contributed by atoms with van der Waals surface area (Å²) in [6, 6.07) is 16.1. The molecule has 0 saturated heterocycles. The van der Waals surface area contributed by atoms with Crippen molar-refractivity contribution in [2.45, 2.75) is 17.9 Å². The second-order valence-electron chi connectivity index (χ2n) is 4.71. The molecule has 1 atom stereocenters. The minimum atomic E-state index is -0.0124. The van der Waals surface area contributed by atoms with E-state index in [-0.39, 0.29) is 6.04 Å². The molecule has 0 amide bonds. The Hall–Kier alpha value is -1.65. The highest BCUT2D eigenvalue weighted by molar-refractivity contribution is 7.99. The second kappa shape index (κ2) is 7.96. The molecule has 0 aromatic heterocycles. The summed E-state index contributed by atoms with van der Waals surface area (Å²) in [4.78, 5) is 1.25. The molecule has 4 heteroatoms. The molecule has 0 aliphatic rings. The Bertz CT molecular complexity index is 558. The Balaban J connectivity index is 1.88. The van der Waals surface area contributed by atoms with Crippen LogP contribution >= 0.6 is 11.8 Å². The fourth-order valence-electron chi connectivity index (χ4n) is 1.91. The van der Waals surface area contributed by atoms with Gasteiger partial charge >= 0.3 is 0 Å². The summed E-state index contributed by atoms with van der Waals surface area (Å²) in [6.45, 7) is 2.58. The van der Waals surface area contributed by atoms with Gasteiger partial charge in [0.05, 0.1) is 13.7 Å². The van der Waals surface area contributed by atoms with E-state index in [0.29, 0.717) is 6.61 Å². The van der Waals surface area contributed by atoms with Crippen LogP contribution in [0.4, 0.5) is 0 Å². The quantitative estimate of drug-likeness (QED) is 0.622. The van der Waals surface area contributed by atoms with Gasteiger partial charge in [-0.15, -0.1) is 11.8 Å². The molecule has 0 fully saturated rings. The number of methoxy groups -OCH3 is 1. The van der Waals surface area contributed by atoms with E-state index < -0.39 is 0 Å². The Kier molecular flexibility index (Phi) is 5.96. The van der Waals surface area contributed by atoms with Gasteiger partial charge in [0.1, 0.15) is 0 Å². The minimum Gasteiger partial charge on any atom is -0.493 e. The van der Waals surface area contributed by atoms with Gasteiger partial charge in [-0.2, -0.15) is 0 Å². The summed E-state index contributed by atoms with van der Waals surface area (Å²) >= 11 is 1.78. The maximum atomic E-state index is 5.87. The van der Waals surface area contributed by atoms with E-state index in [9.17, 15) is 0 Å². The van der Waals surface area contributed by atoms with Gasteiger partial charge in [-0.05, 0) is 36.8 Å². The molecule has 2 aromatic rings. The third kappa shape index (κ3) is 4.69. The van der Waals surface area contributed by atoms with Crippen LogP contribution in [-0.4, -0.2) is 19.5 Å². The molecule has 0 aliphatic heterocycles. The van der Waals surface area contributed by atoms with E-state index in [1.807, 2.05) is 43.3 Å². The summed E-state index contributed by atoms with van der Waals surface area (Å²) in [5.41, 5.74) is 6.91. The number of nitrogens with two attached hydrogens (primary N) is 1. The largest absolute Gasteiger partial charge is 0.493 e. The Morgan fingerprint density at radius 3 is 2.52 bits per heavy atom. The van der Waals surface area contributed by atoms with Crippen molar-refractivity contribution in [3.8, 4) is 11.5 Å². The first-order valence-electron chi connectivity index (χ1n) is 6.95. The van der Waals surface area contributed by atoms with Gasteiger partial charge in [0.2, 0.25) is 0 Å². The van der Waals surface area contributed by atoms with Crippen molar-refractivity contribution < 1.29 is 9.47 Å². The Morgan fingerprint density at radius 2 is 1.86 bits per heavy atom. The molecule has 112 valence electrons. The van der Waals surface area contributed by atoms with Crippen molar-refractivity contribution in [1.82, 2.24) is 0 Å². The first kappa shape index (κ1) is 15.7. The van der Waals surface area contributed by atoms with Crippen LogP contribution in [0, 0.1) is 0 Å². The standard InChI is InChI=1S/C17H21NO2S/c1-13(18)14-8-9-16(17(12-14)19-2)20-10-11-21-15-6-4-3-5-7-15/h3-9,12-13H,10-11,18H2,1-2H3/t13-/m0/s1. The molecule has 0 bridgehead atoms. The maximum absolute atomic E-state index is 5.87. The molecular formula is C17H21NO2S. The highest BCUT2D eigenvalue weighted by Gasteiger charge is 2.08. The monoisotopic (exact) mass is 303 g/mol. The first-order chi connectivity index (χ1) is 10.2. The Labute approximate surface area is 130 Å². The van der Waals surface area contributed by atoms with Gasteiger partial charge in [-0.3, -0.25) is 0 Å². The minimum absolute atomic E-state index is 0.0124. The molecule has 0 saturated carbocycles. The van der Waals surface area contributed by atoms with E-state index in [4.69, 9.17) is 15.2 Å². The SMILES string of the molecule is COc1cc([C@H](C)N)ccc1OCCSc1ccccc1. The fourth-order valence-corrected chi connectivity index (χ4v) is 2.67. The zero-order valence-corrected chi connectivity index (χ0v) is 13.2. The average molecular weight is 303 g/mol. The smallest absolute Gasteiger partial charge is 0.161 e. The van der Waals surface area contributed by atoms with Crippen LogP contribution in [0.15, 0.2) is 53.4 Å². The molecule has 2 rings (SSSR count). The van der Waals surface area contributed by atoms with Gasteiger partial charge in [0, 0.05) is 16.7 Å². The lowest BCUT2D eigenvalue weighted by Crippen LogP contribution is -2.06. The van der Waals surface area contributed by atoms with Crippen LogP contribution in [0.3, 0.4) is 0 Å². The highest BCUT2D eigenvalue weighted by Crippen LogP contribution is 2.30. The third-order valence-electron chi connectivity index (χ3n) is 3.07. The zero-order valence-electron chi connectivity index (χ0n) is 12.4. The van der Waals surface area contributed by atoms with Crippen LogP contribution in [0.2, 0.25) is 0 Å². The number of ether oxygens (including phenoxy) is 2. The molecule has 2 N–H and O–H groups in total. The highest BCUT2D eigenvalue weighted by atomic mass is 32.2. The van der Waals surface area contributed by atoms with Crippen molar-refractivity contribution in [2.75, 3.05) is 19.5 Å². The van der Waals surface area contributed by atoms with Gasteiger partial charge in [-0.25, -0.2) is 0 Å². The Morgan fingerprint density at radius 1 is 1.10 bits per heavy atom. The van der Waals surface area contributed by atoms with Crippen LogP contribution in [0.25, 0.3) is 0 Å². The first-order valence-corrected chi connectivity index (χ1v) is 7.93. The molecule has 21 heavy (non-hydrogen) atoms. The lowest BCUT2D eigenvalue weighted by Gasteiger charge is -2.13. The lowest BCUT2D eigenvalue weighted by molar-refractivity contribution is 0.313. The second-order valence-corrected chi connectivity index (χ2v) is 5.88. The molecule has 0 spiro atoms. The molecule has 3 nitrogen and oxygen atoms in total. The third-order valence-corrected chi connectivity index (χ3v) is 4.04. The van der Waals surface area contributed by atoms with E-state index in [2.05, 4.69) is 12.1 Å². The average Bonchev–Trinajstić information content (AvgIpc) is 2.52. The topological polar surface area (TPSA) is 44.5 Å². The van der Waals surface area contributed by atoms with E-state index in [1.165, 1.54) is 4.90 Å². The molecule has 0 aliphatic carbocycles. The van der Waals surface area contributed by atoms with E-state index >= 15 is 0 Å². The molecular weight excluding hydrogens is 282 g/mol. The normalized spacial score (nSPS) is 12.0. The summed E-state index contributed by atoms with van der Waals surface area (Å²) in [5.74, 6) is 2.38. The molecule has 0 unspecified atom stereocenters. The maximum Gasteiger partial charge on any atom is 0.161 e. The lowest BCUT2D eigenvalue weighted by atomic mass is 10.1. The summed E-state index contributed by atoms with van der Waals surface area (Å²) < 4.78 is 11.2. The molecule has 0 radical (unpaired) electrons. The van der Waals surface area contributed by atoms with Crippen molar-refractivity contribution in [3.63, 3.8) is 0 Å². The predicted octanol–water partition coefficient (Wildman–Crippen LogP) is 3.89. The number of thioether (sulfide) groups is 1. The van der Waals surface area contributed by atoms with Crippen LogP contribution in [0.5, 0.6) is 11.5 Å². The number of benzene rings is 2. The van der Waals surface area contributed by atoms with Gasteiger partial charge in [0.25, 0.3) is 0 Å². The zero-order chi connectivity index (χ0) is 15.1. The summed E-state index contributed by atoms with van der Waals surface area (Å²) in [6.07, 6.45) is 0. The van der Waals surface area contributed by atoms with Crippen molar-refractivity contribution in [3.05, 3.63) is 54.1 Å². The van der Waals surface area contributed by atoms with E-state index in [0.717, 1.165) is 22.8 Å². The van der Waals surface area contributed by atoms with Gasteiger partial charge in [-0.1, -0.05) is 24.3 Å². The van der Waals surface area contributed by atoms with Gasteiger partial charge in [0.15, 0.2) is 11.5 Å². The van der Waals surface area contributed by atoms with Crippen molar-refractivity contribution in [1.29, 1.82) is 0 Å². The number of hydrogen-bond donors (Lipinski definition) is 1. The molecule has 2 aromatic carbocycles. The van der Waals surface area contributed by atoms with Crippen LogP contribution < -0.4 is 15.2 Å². The fraction of sp³-hybridized carbons (Fsp3) is 0.294. The predicted molar refractivity (Wildman–Crippen MR) is 88.3 cm³/mol. The summed E-state index contributed by atoms with van der Waals surface area (Å²) in [7, 11) is 1.64. The van der Waals surface area contributed by atoms with Crippen LogP contribution in [-0.2, 0) is 0 Å². The summed E-state index contributed by atoms with van der Waals surface area (Å²) in [5, 5.41) is 0. The van der Waals surface area contributed by atoms with Crippen molar-refractivity contribution >= 4 is 11.8 Å². The number of rotatable bonds is 7. The van der Waals surface area contributed by atoms with Gasteiger partial charge < -0.3 is 15.2 Å². The molecule has 0 heterocycles. The number of hydrogen-bond acceptors (Lipinski definition) is 4. The van der Waals surface area contributed by atoms with Crippen molar-refractivity contribution in [2.24, 2.45) is 5.73 Å².